The van der Waals surface area contributed by atoms with Gasteiger partial charge >= 0.3 is 0 Å². The van der Waals surface area contributed by atoms with E-state index in [1.165, 1.54) is 16.8 Å². The summed E-state index contributed by atoms with van der Waals surface area (Å²) in [7, 11) is 0. The maximum absolute atomic E-state index is 10.0. The predicted octanol–water partition coefficient (Wildman–Crippen LogP) is 1.95. The molecule has 2 heteroatoms. The molecule has 1 aromatic carbocycles. The molecule has 80 valence electrons. The number of aliphatic hydroxyl groups excluding tert-OH is 1. The second-order valence-corrected chi connectivity index (χ2v) is 4.91. The molecule has 0 aromatic heterocycles. The Bertz CT molecular complexity index is 388. The van der Waals surface area contributed by atoms with Gasteiger partial charge in [0.25, 0.3) is 0 Å². The molecule has 0 amide bonds. The number of rotatable bonds is 0. The predicted molar refractivity (Wildman–Crippen MR) is 61.0 cm³/mol. The minimum atomic E-state index is -0.263. The first-order valence-corrected chi connectivity index (χ1v) is 5.81. The second kappa shape index (κ2) is 3.24. The molecule has 0 spiro atoms. The molecule has 1 N–H and O–H groups in total. The Morgan fingerprint density at radius 1 is 1.33 bits per heavy atom. The van der Waals surface area contributed by atoms with Crippen LogP contribution in [0.1, 0.15) is 24.5 Å². The van der Waals surface area contributed by atoms with Gasteiger partial charge in [0.1, 0.15) is 6.23 Å². The molecule has 1 aromatic rings. The van der Waals surface area contributed by atoms with Crippen LogP contribution in [0.3, 0.4) is 0 Å². The number of hydrogen-bond acceptors (Lipinski definition) is 2. The summed E-state index contributed by atoms with van der Waals surface area (Å²) in [5, 5.41) is 10.0. The quantitative estimate of drug-likeness (QED) is 0.696. The van der Waals surface area contributed by atoms with Crippen LogP contribution in [0, 0.1) is 5.92 Å². The molecule has 0 bridgehead atoms. The number of nitrogens with zero attached hydrogens (tertiary/aromatic N) is 1. The first-order valence-electron chi connectivity index (χ1n) is 5.81. The largest absolute Gasteiger partial charge is 0.374 e. The van der Waals surface area contributed by atoms with Crippen LogP contribution in [0.25, 0.3) is 0 Å². The van der Waals surface area contributed by atoms with Crippen molar-refractivity contribution in [3.8, 4) is 0 Å². The Hall–Kier alpha value is -1.02. The molecule has 2 aliphatic heterocycles. The lowest BCUT2D eigenvalue weighted by Crippen LogP contribution is -2.45. The van der Waals surface area contributed by atoms with Crippen molar-refractivity contribution < 1.29 is 5.11 Å². The van der Waals surface area contributed by atoms with Crippen LogP contribution >= 0.6 is 0 Å². The maximum Gasteiger partial charge on any atom is 0.127 e. The van der Waals surface area contributed by atoms with E-state index < -0.39 is 0 Å². The van der Waals surface area contributed by atoms with Crippen LogP contribution < -0.4 is 4.90 Å². The van der Waals surface area contributed by atoms with Crippen LogP contribution in [-0.4, -0.2) is 17.9 Å². The molecule has 0 radical (unpaired) electrons. The third-order valence-electron chi connectivity index (χ3n) is 3.60. The minimum Gasteiger partial charge on any atom is -0.374 e. The van der Waals surface area contributed by atoms with Crippen molar-refractivity contribution in [2.75, 3.05) is 11.4 Å². The van der Waals surface area contributed by atoms with Gasteiger partial charge in [-0.05, 0) is 36.3 Å². The summed E-state index contributed by atoms with van der Waals surface area (Å²) in [4.78, 5) is 2.20. The average Bonchev–Trinajstić information content (AvgIpc) is 2.23. The minimum absolute atomic E-state index is 0.263. The average molecular weight is 203 g/mol. The van der Waals surface area contributed by atoms with Gasteiger partial charge < -0.3 is 10.0 Å². The first-order chi connectivity index (χ1) is 7.25. The van der Waals surface area contributed by atoms with E-state index >= 15 is 0 Å². The van der Waals surface area contributed by atoms with Gasteiger partial charge in [0.2, 0.25) is 0 Å². The van der Waals surface area contributed by atoms with Crippen molar-refractivity contribution >= 4 is 5.69 Å². The Labute approximate surface area is 90.5 Å². The molecule has 2 unspecified atom stereocenters. The molecule has 0 fully saturated rings. The van der Waals surface area contributed by atoms with Crippen LogP contribution in [0.2, 0.25) is 0 Å². The van der Waals surface area contributed by atoms with E-state index in [0.717, 1.165) is 25.8 Å². The van der Waals surface area contributed by atoms with Gasteiger partial charge in [0.05, 0.1) is 0 Å². The molecule has 15 heavy (non-hydrogen) atoms. The molecular formula is C13H17NO. The van der Waals surface area contributed by atoms with E-state index in [1.807, 2.05) is 0 Å². The third-order valence-corrected chi connectivity index (χ3v) is 3.60. The summed E-state index contributed by atoms with van der Waals surface area (Å²) in [6.45, 7) is 3.27. The lowest BCUT2D eigenvalue weighted by Gasteiger charge is -2.42. The molecule has 2 heterocycles. The number of anilines is 1. The SMILES string of the molecule is CC1Cc2cccc3c2N(C1)C(O)CC3. The van der Waals surface area contributed by atoms with Gasteiger partial charge in [-0.15, -0.1) is 0 Å². The fourth-order valence-corrected chi connectivity index (χ4v) is 2.96. The number of aliphatic hydroxyl groups is 1. The van der Waals surface area contributed by atoms with Gasteiger partial charge in [-0.3, -0.25) is 0 Å². The molecule has 2 aliphatic rings. The summed E-state index contributed by atoms with van der Waals surface area (Å²) in [5.74, 6) is 0.653. The Morgan fingerprint density at radius 3 is 3.00 bits per heavy atom. The molecule has 2 atom stereocenters. The fourth-order valence-electron chi connectivity index (χ4n) is 2.96. The lowest BCUT2D eigenvalue weighted by molar-refractivity contribution is 0.146. The number of para-hydroxylation sites is 1. The van der Waals surface area contributed by atoms with Gasteiger partial charge in [-0.1, -0.05) is 25.1 Å². The Balaban J connectivity index is 2.14. The van der Waals surface area contributed by atoms with Gasteiger partial charge in [-0.2, -0.15) is 0 Å². The third kappa shape index (κ3) is 1.36. The highest BCUT2D eigenvalue weighted by molar-refractivity contribution is 5.63. The highest BCUT2D eigenvalue weighted by atomic mass is 16.3. The zero-order valence-electron chi connectivity index (χ0n) is 9.11. The smallest absolute Gasteiger partial charge is 0.127 e. The summed E-state index contributed by atoms with van der Waals surface area (Å²) < 4.78 is 0. The summed E-state index contributed by atoms with van der Waals surface area (Å²) in [6, 6.07) is 6.56. The summed E-state index contributed by atoms with van der Waals surface area (Å²) in [5.41, 5.74) is 4.17. The highest BCUT2D eigenvalue weighted by Crippen LogP contribution is 2.38. The Kier molecular flexibility index (Phi) is 1.99. The van der Waals surface area contributed by atoms with Crippen molar-refractivity contribution in [2.45, 2.75) is 32.4 Å². The van der Waals surface area contributed by atoms with E-state index in [0.29, 0.717) is 5.92 Å². The topological polar surface area (TPSA) is 23.5 Å². The molecule has 2 nitrogen and oxygen atoms in total. The second-order valence-electron chi connectivity index (χ2n) is 4.91. The normalized spacial score (nSPS) is 28.8. The van der Waals surface area contributed by atoms with Crippen molar-refractivity contribution in [3.63, 3.8) is 0 Å². The first kappa shape index (κ1) is 9.22. The van der Waals surface area contributed by atoms with Crippen LogP contribution in [0.15, 0.2) is 18.2 Å². The number of aryl methyl sites for hydroxylation is 1. The van der Waals surface area contributed by atoms with Gasteiger partial charge in [0.15, 0.2) is 0 Å². The van der Waals surface area contributed by atoms with Crippen LogP contribution in [0.4, 0.5) is 5.69 Å². The maximum atomic E-state index is 10.0. The molecule has 0 aliphatic carbocycles. The highest BCUT2D eigenvalue weighted by Gasteiger charge is 2.31. The van der Waals surface area contributed by atoms with Gasteiger partial charge in [-0.25, -0.2) is 0 Å². The van der Waals surface area contributed by atoms with E-state index in [9.17, 15) is 5.11 Å². The molecule has 3 rings (SSSR count). The number of hydrogen-bond donors (Lipinski definition) is 1. The van der Waals surface area contributed by atoms with E-state index in [4.69, 9.17) is 0 Å². The standard InChI is InChI=1S/C13H17NO/c1-9-7-11-4-2-3-10-5-6-12(15)14(8-9)13(10)11/h2-4,9,12,15H,5-8H2,1H3. The van der Waals surface area contributed by atoms with E-state index in [-0.39, 0.29) is 6.23 Å². The van der Waals surface area contributed by atoms with Crippen LogP contribution in [-0.2, 0) is 12.8 Å². The van der Waals surface area contributed by atoms with E-state index in [1.54, 1.807) is 0 Å². The Morgan fingerprint density at radius 2 is 2.13 bits per heavy atom. The van der Waals surface area contributed by atoms with Crippen molar-refractivity contribution in [1.29, 1.82) is 0 Å². The summed E-state index contributed by atoms with van der Waals surface area (Å²) >= 11 is 0. The van der Waals surface area contributed by atoms with Crippen LogP contribution in [0.5, 0.6) is 0 Å². The van der Waals surface area contributed by atoms with Crippen molar-refractivity contribution in [1.82, 2.24) is 0 Å². The van der Waals surface area contributed by atoms with Crippen molar-refractivity contribution in [2.24, 2.45) is 5.92 Å². The fraction of sp³-hybridized carbons (Fsp3) is 0.538. The molecule has 0 saturated carbocycles. The lowest BCUT2D eigenvalue weighted by atomic mass is 9.87. The zero-order chi connectivity index (χ0) is 10.4. The van der Waals surface area contributed by atoms with E-state index in [2.05, 4.69) is 30.0 Å². The zero-order valence-corrected chi connectivity index (χ0v) is 9.11. The molecular weight excluding hydrogens is 186 g/mol. The summed E-state index contributed by atoms with van der Waals surface area (Å²) in [6.07, 6.45) is 2.80. The van der Waals surface area contributed by atoms with Gasteiger partial charge in [0, 0.05) is 12.2 Å². The number of benzene rings is 1. The van der Waals surface area contributed by atoms with Crippen molar-refractivity contribution in [3.05, 3.63) is 29.3 Å². The monoisotopic (exact) mass is 203 g/mol. The molecule has 0 saturated heterocycles.